The van der Waals surface area contributed by atoms with Crippen molar-refractivity contribution < 1.29 is 23.9 Å². The molecule has 4 N–H and O–H groups in total. The van der Waals surface area contributed by atoms with Gasteiger partial charge < -0.3 is 20.9 Å². The maximum absolute atomic E-state index is 14.9. The molecule has 46 heavy (non-hydrogen) atoms. The lowest BCUT2D eigenvalue weighted by Gasteiger charge is -2.54. The topological polar surface area (TPSA) is 146 Å². The van der Waals surface area contributed by atoms with Crippen LogP contribution in [0.2, 0.25) is 0 Å². The van der Waals surface area contributed by atoms with Crippen molar-refractivity contribution in [3.05, 3.63) is 131 Å². The summed E-state index contributed by atoms with van der Waals surface area (Å²) in [6.45, 7) is 0. The van der Waals surface area contributed by atoms with Crippen LogP contribution in [0.25, 0.3) is 0 Å². The van der Waals surface area contributed by atoms with Gasteiger partial charge in [-0.05, 0) is 35.4 Å². The van der Waals surface area contributed by atoms with E-state index in [1.165, 1.54) is 11.8 Å². The maximum Gasteiger partial charge on any atom is 0.370 e. The van der Waals surface area contributed by atoms with E-state index in [1.807, 2.05) is 60.7 Å². The molecule has 4 unspecified atom stereocenters. The molecule has 2 aliphatic heterocycles. The lowest BCUT2D eigenvalue weighted by molar-refractivity contribution is 0.0718. The van der Waals surface area contributed by atoms with Gasteiger partial charge in [0.25, 0.3) is 0 Å². The Morgan fingerprint density at radius 3 is 1.35 bits per heavy atom. The first kappa shape index (κ1) is 30.8. The van der Waals surface area contributed by atoms with E-state index in [1.54, 1.807) is 62.8 Å². The number of nitrogens with zero attached hydrogens (tertiary/aromatic N) is 2. The molecule has 1 spiro atoms. The van der Waals surface area contributed by atoms with Crippen LogP contribution >= 0.6 is 11.8 Å². The van der Waals surface area contributed by atoms with Crippen molar-refractivity contribution in [1.29, 1.82) is 0 Å². The first-order chi connectivity index (χ1) is 22.3. The number of nitrogens with two attached hydrogens (primary N) is 2. The Kier molecular flexibility index (Phi) is 8.46. The van der Waals surface area contributed by atoms with Crippen molar-refractivity contribution in [3.63, 3.8) is 0 Å². The van der Waals surface area contributed by atoms with Gasteiger partial charge in [0.1, 0.15) is 28.6 Å². The van der Waals surface area contributed by atoms with Crippen LogP contribution in [-0.2, 0) is 0 Å². The number of aliphatic imine (C=N–C) groups is 2. The summed E-state index contributed by atoms with van der Waals surface area (Å²) in [7, 11) is 3.15. The number of rotatable bonds is 8. The Balaban J connectivity index is 1.68. The fourth-order valence-corrected chi connectivity index (χ4v) is 8.49. The zero-order valence-corrected chi connectivity index (χ0v) is 26.0. The van der Waals surface area contributed by atoms with Gasteiger partial charge >= 0.3 is 6.03 Å². The number of hydrogen-bond acceptors (Lipinski definition) is 8. The average Bonchev–Trinajstić information content (AvgIpc) is 3.10. The molecule has 0 bridgehead atoms. The summed E-state index contributed by atoms with van der Waals surface area (Å²) in [6.07, 6.45) is 0. The average molecular weight is 633 g/mol. The Labute approximate surface area is 270 Å². The number of hydrogen-bond donors (Lipinski definition) is 2. The van der Waals surface area contributed by atoms with Crippen molar-refractivity contribution in [2.24, 2.45) is 38.7 Å². The maximum atomic E-state index is 14.9. The molecule has 10 heteroatoms. The standard InChI is InChI=1S/C36H32N4O5S/c1-44-25-17-13-23(14-18-25)31-27(29(41)21-9-5-3-6-10-21)36(33(37)39-35(43)40-34(36)38)28(30(42)22-11-7-4-8-12-22)32(46-31)24-15-19-26(45-2)20-16-24/h3-20,27-28,31-32H,1-2H3,(H4,37,38,39,40,43). The minimum atomic E-state index is -1.77. The number of methoxy groups -OCH3 is 2. The molecule has 6 rings (SSSR count). The third kappa shape index (κ3) is 5.24. The molecule has 0 saturated carbocycles. The fourth-order valence-electron chi connectivity index (χ4n) is 6.55. The number of thioether (sulfide) groups is 1. The molecule has 2 heterocycles. The van der Waals surface area contributed by atoms with Gasteiger partial charge in [-0.15, -0.1) is 11.8 Å². The lowest BCUT2D eigenvalue weighted by Crippen LogP contribution is -2.65. The van der Waals surface area contributed by atoms with Crippen molar-refractivity contribution in [2.45, 2.75) is 10.5 Å². The molecule has 0 aromatic heterocycles. The summed E-state index contributed by atoms with van der Waals surface area (Å²) >= 11 is 1.47. The van der Waals surface area contributed by atoms with Crippen molar-refractivity contribution in [1.82, 2.24) is 0 Å². The fraction of sp³-hybridized carbons (Fsp3) is 0.194. The van der Waals surface area contributed by atoms with Gasteiger partial charge in [-0.1, -0.05) is 84.9 Å². The first-order valence-corrected chi connectivity index (χ1v) is 15.6. The highest BCUT2D eigenvalue weighted by Crippen LogP contribution is 2.65. The number of carbonyl (C=O) groups excluding carboxylic acids is 3. The molecule has 1 fully saturated rings. The first-order valence-electron chi connectivity index (χ1n) is 14.6. The number of amidine groups is 2. The van der Waals surface area contributed by atoms with Crippen molar-refractivity contribution in [3.8, 4) is 11.5 Å². The molecule has 2 aliphatic rings. The Morgan fingerprint density at radius 2 is 1.00 bits per heavy atom. The SMILES string of the molecule is COc1ccc(C2SC(c3ccc(OC)cc3)C(C(=O)c3ccccc3)C3(C(N)=NC(=O)N=C3N)C2C(=O)c2ccccc2)cc1. The Morgan fingerprint density at radius 1 is 0.630 bits per heavy atom. The van der Waals surface area contributed by atoms with E-state index in [9.17, 15) is 14.4 Å². The number of urea groups is 1. The summed E-state index contributed by atoms with van der Waals surface area (Å²) in [6, 6.07) is 31.5. The molecule has 0 aliphatic carbocycles. The monoisotopic (exact) mass is 632 g/mol. The van der Waals surface area contributed by atoms with Crippen LogP contribution in [0.4, 0.5) is 4.79 Å². The van der Waals surface area contributed by atoms with Gasteiger partial charge in [-0.2, -0.15) is 9.98 Å². The van der Waals surface area contributed by atoms with Crippen LogP contribution in [0.5, 0.6) is 11.5 Å². The van der Waals surface area contributed by atoms with Crippen LogP contribution in [0, 0.1) is 17.3 Å². The van der Waals surface area contributed by atoms with E-state index in [2.05, 4.69) is 9.98 Å². The van der Waals surface area contributed by atoms with Crippen LogP contribution < -0.4 is 20.9 Å². The highest BCUT2D eigenvalue weighted by molar-refractivity contribution is 7.99. The van der Waals surface area contributed by atoms with E-state index in [-0.39, 0.29) is 23.2 Å². The zero-order chi connectivity index (χ0) is 32.4. The number of Topliss-reactive ketones (excluding diaryl/α,β-unsaturated/α-hetero) is 2. The molecule has 9 nitrogen and oxygen atoms in total. The minimum absolute atomic E-state index is 0.217. The molecule has 4 aromatic rings. The third-order valence-electron chi connectivity index (χ3n) is 8.73. The van der Waals surface area contributed by atoms with E-state index < -0.39 is 33.8 Å². The van der Waals surface area contributed by atoms with Gasteiger partial charge in [0.15, 0.2) is 11.6 Å². The van der Waals surface area contributed by atoms with E-state index in [4.69, 9.17) is 20.9 Å². The van der Waals surface area contributed by atoms with Crippen LogP contribution in [0.15, 0.2) is 119 Å². The quantitative estimate of drug-likeness (QED) is 0.223. The van der Waals surface area contributed by atoms with Crippen LogP contribution in [0.3, 0.4) is 0 Å². The van der Waals surface area contributed by atoms with Crippen molar-refractivity contribution >= 4 is 41.0 Å². The van der Waals surface area contributed by atoms with Gasteiger partial charge in [0, 0.05) is 21.6 Å². The van der Waals surface area contributed by atoms with Gasteiger partial charge in [0.05, 0.1) is 26.1 Å². The molecule has 2 amide bonds. The predicted octanol–water partition coefficient (Wildman–Crippen LogP) is 6.07. The second-order valence-electron chi connectivity index (χ2n) is 11.1. The summed E-state index contributed by atoms with van der Waals surface area (Å²) < 4.78 is 10.8. The highest BCUT2D eigenvalue weighted by atomic mass is 32.2. The number of carbonyl (C=O) groups is 3. The second-order valence-corrected chi connectivity index (χ2v) is 12.4. The number of benzene rings is 4. The summed E-state index contributed by atoms with van der Waals surface area (Å²) in [5.41, 5.74) is 14.2. The highest BCUT2D eigenvalue weighted by Gasteiger charge is 2.66. The number of amides is 2. The molecule has 232 valence electrons. The molecule has 0 radical (unpaired) electrons. The molecular weight excluding hydrogens is 600 g/mol. The third-order valence-corrected chi connectivity index (χ3v) is 10.4. The summed E-state index contributed by atoms with van der Waals surface area (Å²) in [5.74, 6) is -1.94. The van der Waals surface area contributed by atoms with Gasteiger partial charge in [-0.3, -0.25) is 9.59 Å². The van der Waals surface area contributed by atoms with E-state index in [0.717, 1.165) is 11.1 Å². The Hall–Kier alpha value is -5.22. The summed E-state index contributed by atoms with van der Waals surface area (Å²) in [5, 5.41) is -1.22. The second kappa shape index (κ2) is 12.6. The number of ether oxygens (including phenoxy) is 2. The summed E-state index contributed by atoms with van der Waals surface area (Å²) in [4.78, 5) is 50.7. The molecule has 4 aromatic carbocycles. The van der Waals surface area contributed by atoms with Gasteiger partial charge in [-0.25, -0.2) is 4.79 Å². The lowest BCUT2D eigenvalue weighted by atomic mass is 9.56. The Bertz CT molecular complexity index is 1690. The number of ketones is 2. The molecule has 1 saturated heterocycles. The zero-order valence-electron chi connectivity index (χ0n) is 25.2. The van der Waals surface area contributed by atoms with E-state index >= 15 is 0 Å². The molecule has 4 atom stereocenters. The predicted molar refractivity (Wildman–Crippen MR) is 179 cm³/mol. The smallest absolute Gasteiger partial charge is 0.370 e. The van der Waals surface area contributed by atoms with Crippen LogP contribution in [-0.4, -0.2) is 43.5 Å². The van der Waals surface area contributed by atoms with Crippen molar-refractivity contribution in [2.75, 3.05) is 14.2 Å². The van der Waals surface area contributed by atoms with Crippen LogP contribution in [0.1, 0.15) is 42.3 Å². The van der Waals surface area contributed by atoms with Gasteiger partial charge in [0.2, 0.25) is 0 Å². The molecular formula is C36H32N4O5S. The minimum Gasteiger partial charge on any atom is -0.497 e. The van der Waals surface area contributed by atoms with E-state index in [0.29, 0.717) is 22.6 Å². The largest absolute Gasteiger partial charge is 0.497 e. The normalized spacial score (nSPS) is 22.0.